The lowest BCUT2D eigenvalue weighted by molar-refractivity contribution is -0.270. The number of benzene rings is 1. The summed E-state index contributed by atoms with van der Waals surface area (Å²) in [6.07, 6.45) is 0.471. The molecule has 9 nitrogen and oxygen atoms in total. The van der Waals surface area contributed by atoms with E-state index in [4.69, 9.17) is 9.57 Å². The summed E-state index contributed by atoms with van der Waals surface area (Å²) in [7, 11) is 0. The Kier molecular flexibility index (Phi) is 8.51. The molecule has 3 amide bonds. The predicted molar refractivity (Wildman–Crippen MR) is 134 cm³/mol. The van der Waals surface area contributed by atoms with Gasteiger partial charge in [-0.3, -0.25) is 14.4 Å². The van der Waals surface area contributed by atoms with Crippen LogP contribution in [0.1, 0.15) is 58.9 Å². The quantitative estimate of drug-likeness (QED) is 0.619. The molecule has 0 aromatic heterocycles. The number of hydrogen-bond acceptors (Lipinski definition) is 6. The minimum Gasteiger partial charge on any atom is -0.443 e. The van der Waals surface area contributed by atoms with E-state index in [1.807, 2.05) is 62.9 Å². The Morgan fingerprint density at radius 1 is 1.03 bits per heavy atom. The average Bonchev–Trinajstić information content (AvgIpc) is 2.86. The van der Waals surface area contributed by atoms with Crippen molar-refractivity contribution < 1.29 is 24.0 Å². The van der Waals surface area contributed by atoms with Gasteiger partial charge in [0.25, 0.3) is 5.91 Å². The van der Waals surface area contributed by atoms with Crippen molar-refractivity contribution in [3.8, 4) is 0 Å². The molecule has 3 saturated heterocycles. The molecule has 0 unspecified atom stereocenters. The molecule has 36 heavy (non-hydrogen) atoms. The van der Waals surface area contributed by atoms with Crippen molar-refractivity contribution in [1.82, 2.24) is 20.2 Å². The summed E-state index contributed by atoms with van der Waals surface area (Å²) in [5.74, 6) is 0.131. The van der Waals surface area contributed by atoms with Crippen LogP contribution in [0.25, 0.3) is 0 Å². The van der Waals surface area contributed by atoms with E-state index in [2.05, 4.69) is 5.32 Å². The Morgan fingerprint density at radius 3 is 2.33 bits per heavy atom. The topological polar surface area (TPSA) is 91.4 Å². The fraction of sp³-hybridized carbons (Fsp3) is 0.667. The second kappa shape index (κ2) is 11.6. The molecule has 1 aromatic rings. The summed E-state index contributed by atoms with van der Waals surface area (Å²) in [6.45, 7) is 10.1. The molecule has 0 radical (unpaired) electrons. The Bertz CT molecular complexity index is 918. The highest BCUT2D eigenvalue weighted by atomic mass is 16.7. The Balaban J connectivity index is 1.64. The number of amides is 3. The first-order valence-corrected chi connectivity index (χ1v) is 13.3. The molecule has 3 heterocycles. The van der Waals surface area contributed by atoms with Crippen molar-refractivity contribution in [3.05, 3.63) is 35.9 Å². The van der Waals surface area contributed by atoms with Gasteiger partial charge >= 0.3 is 6.09 Å². The van der Waals surface area contributed by atoms with Crippen LogP contribution in [0.4, 0.5) is 4.79 Å². The van der Waals surface area contributed by atoms with Crippen molar-refractivity contribution in [2.75, 3.05) is 19.6 Å². The molecule has 3 atom stereocenters. The standard InChI is InChI=1S/C27H40N4O5/c1-18(2)14-22-25(32)29(21-10-12-28-13-11-21)16-24-30(22)26(33)23(15-19(3)4)36-31(24)27(34)35-17-20-8-6-5-7-9-20/h5-9,18-19,21-24,28H,10-17H2,1-4H3/t22-,23+,24-/m0/s1. The first-order chi connectivity index (χ1) is 17.3. The van der Waals surface area contributed by atoms with Crippen LogP contribution in [0.5, 0.6) is 0 Å². The van der Waals surface area contributed by atoms with Crippen LogP contribution >= 0.6 is 0 Å². The SMILES string of the molecule is CC(C)C[C@H]1ON(C(=O)OCc2ccccc2)[C@H]2CN(C3CCNCC3)C(=O)[C@H](CC(C)C)N2C1=O. The summed E-state index contributed by atoms with van der Waals surface area (Å²) < 4.78 is 5.64. The van der Waals surface area contributed by atoms with Gasteiger partial charge in [0.05, 0.1) is 6.54 Å². The van der Waals surface area contributed by atoms with E-state index in [1.54, 1.807) is 4.90 Å². The summed E-state index contributed by atoms with van der Waals surface area (Å²) in [5, 5.41) is 4.57. The molecule has 4 rings (SSSR count). The molecule has 0 bridgehead atoms. The maximum Gasteiger partial charge on any atom is 0.436 e. The van der Waals surface area contributed by atoms with Crippen LogP contribution in [-0.4, -0.2) is 76.8 Å². The first kappa shape index (κ1) is 26.4. The van der Waals surface area contributed by atoms with Crippen molar-refractivity contribution in [3.63, 3.8) is 0 Å². The second-order valence-corrected chi connectivity index (χ2v) is 10.9. The van der Waals surface area contributed by atoms with E-state index in [0.29, 0.717) is 12.8 Å². The van der Waals surface area contributed by atoms with Crippen LogP contribution in [-0.2, 0) is 25.8 Å². The lowest BCUT2D eigenvalue weighted by Gasteiger charge is -2.54. The molecule has 3 aliphatic heterocycles. The van der Waals surface area contributed by atoms with Gasteiger partial charge in [0.15, 0.2) is 12.3 Å². The van der Waals surface area contributed by atoms with Gasteiger partial charge < -0.3 is 19.9 Å². The normalized spacial score (nSPS) is 25.5. The zero-order chi connectivity index (χ0) is 25.8. The van der Waals surface area contributed by atoms with Gasteiger partial charge in [-0.1, -0.05) is 58.0 Å². The van der Waals surface area contributed by atoms with Crippen molar-refractivity contribution >= 4 is 17.9 Å². The van der Waals surface area contributed by atoms with Gasteiger partial charge in [0.1, 0.15) is 12.6 Å². The van der Waals surface area contributed by atoms with E-state index in [-0.39, 0.29) is 42.8 Å². The third-order valence-electron chi connectivity index (χ3n) is 7.14. The molecule has 198 valence electrons. The maximum atomic E-state index is 13.8. The van der Waals surface area contributed by atoms with E-state index in [1.165, 1.54) is 5.06 Å². The van der Waals surface area contributed by atoms with E-state index in [9.17, 15) is 14.4 Å². The molecule has 0 spiro atoms. The third-order valence-corrected chi connectivity index (χ3v) is 7.14. The number of fused-ring (bicyclic) bond motifs is 1. The number of piperazine rings is 1. The molecular weight excluding hydrogens is 460 g/mol. The largest absolute Gasteiger partial charge is 0.443 e. The number of rotatable bonds is 7. The smallest absolute Gasteiger partial charge is 0.436 e. The van der Waals surface area contributed by atoms with Gasteiger partial charge in [0, 0.05) is 6.04 Å². The lowest BCUT2D eigenvalue weighted by Crippen LogP contribution is -2.74. The minimum atomic E-state index is -0.835. The molecule has 3 aliphatic rings. The highest BCUT2D eigenvalue weighted by Gasteiger charge is 2.54. The third kappa shape index (κ3) is 5.83. The van der Waals surface area contributed by atoms with Crippen LogP contribution in [0, 0.1) is 11.8 Å². The Morgan fingerprint density at radius 2 is 1.69 bits per heavy atom. The van der Waals surface area contributed by atoms with Crippen LogP contribution in [0.15, 0.2) is 30.3 Å². The molecule has 1 aromatic carbocycles. The molecule has 9 heteroatoms. The highest BCUT2D eigenvalue weighted by Crippen LogP contribution is 2.34. The lowest BCUT2D eigenvalue weighted by atomic mass is 9.93. The van der Waals surface area contributed by atoms with Gasteiger partial charge in [-0.15, -0.1) is 0 Å². The number of hydrogen-bond donors (Lipinski definition) is 1. The number of nitrogens with zero attached hydrogens (tertiary/aromatic N) is 3. The number of carbonyl (C=O) groups is 3. The number of hydroxylamine groups is 2. The summed E-state index contributed by atoms with van der Waals surface area (Å²) in [6, 6.07) is 8.90. The van der Waals surface area contributed by atoms with Crippen LogP contribution < -0.4 is 5.32 Å². The monoisotopic (exact) mass is 500 g/mol. The molecule has 0 saturated carbocycles. The van der Waals surface area contributed by atoms with E-state index in [0.717, 1.165) is 31.5 Å². The van der Waals surface area contributed by atoms with Gasteiger partial charge in [0.2, 0.25) is 5.91 Å². The summed E-state index contributed by atoms with van der Waals surface area (Å²) in [4.78, 5) is 50.5. The highest BCUT2D eigenvalue weighted by molar-refractivity contribution is 5.92. The van der Waals surface area contributed by atoms with Crippen molar-refractivity contribution in [2.45, 2.75) is 84.3 Å². The van der Waals surface area contributed by atoms with Crippen molar-refractivity contribution in [2.24, 2.45) is 11.8 Å². The van der Waals surface area contributed by atoms with E-state index < -0.39 is 24.4 Å². The zero-order valence-electron chi connectivity index (χ0n) is 21.9. The van der Waals surface area contributed by atoms with Gasteiger partial charge in [-0.2, -0.15) is 5.06 Å². The number of ether oxygens (including phenoxy) is 1. The summed E-state index contributed by atoms with van der Waals surface area (Å²) in [5.41, 5.74) is 0.863. The molecule has 3 fully saturated rings. The number of carbonyl (C=O) groups excluding carboxylic acids is 3. The second-order valence-electron chi connectivity index (χ2n) is 10.9. The fourth-order valence-electron chi connectivity index (χ4n) is 5.41. The first-order valence-electron chi connectivity index (χ1n) is 13.3. The van der Waals surface area contributed by atoms with Crippen molar-refractivity contribution in [1.29, 1.82) is 0 Å². The molecule has 0 aliphatic carbocycles. The van der Waals surface area contributed by atoms with Gasteiger partial charge in [-0.05, 0) is 56.2 Å². The summed E-state index contributed by atoms with van der Waals surface area (Å²) >= 11 is 0. The number of piperidine rings is 1. The zero-order valence-corrected chi connectivity index (χ0v) is 21.9. The number of nitrogens with one attached hydrogen (secondary N) is 1. The Hall–Kier alpha value is -2.65. The fourth-order valence-corrected chi connectivity index (χ4v) is 5.41. The molecule has 1 N–H and O–H groups in total. The minimum absolute atomic E-state index is 0.0250. The van der Waals surface area contributed by atoms with Crippen LogP contribution in [0.3, 0.4) is 0 Å². The average molecular weight is 501 g/mol. The Labute approximate surface area is 214 Å². The van der Waals surface area contributed by atoms with Gasteiger partial charge in [-0.25, -0.2) is 4.79 Å². The van der Waals surface area contributed by atoms with E-state index >= 15 is 0 Å². The van der Waals surface area contributed by atoms with Crippen LogP contribution in [0.2, 0.25) is 0 Å². The maximum absolute atomic E-state index is 13.8. The molecular formula is C27H40N4O5. The predicted octanol–water partition coefficient (Wildman–Crippen LogP) is 3.15.